The Hall–Kier alpha value is -2.38. The van der Waals surface area contributed by atoms with E-state index >= 15 is 0 Å². The summed E-state index contributed by atoms with van der Waals surface area (Å²) in [5.41, 5.74) is 2.48. The Bertz CT molecular complexity index is 758. The summed E-state index contributed by atoms with van der Waals surface area (Å²) in [7, 11) is 1.80. The van der Waals surface area contributed by atoms with Crippen LogP contribution in [0.25, 0.3) is 0 Å². The van der Waals surface area contributed by atoms with Gasteiger partial charge in [0.25, 0.3) is 0 Å². The van der Waals surface area contributed by atoms with E-state index in [1.54, 1.807) is 13.2 Å². The third kappa shape index (κ3) is 7.18. The standard InChI is InChI=1S/C22H34N6O/c1-18(2)14-27-9-10-29-21(16-27)13-26-22(23-3)25-12-19-5-4-6-20(11-19)15-28-8-7-24-17-28/h4-8,11,17-18,21H,9-10,12-16H2,1-3H3,(H2,23,25,26). The molecule has 1 atom stereocenters. The van der Waals surface area contributed by atoms with E-state index in [0.717, 1.165) is 51.8 Å². The van der Waals surface area contributed by atoms with Gasteiger partial charge in [0, 0.05) is 58.7 Å². The van der Waals surface area contributed by atoms with Gasteiger partial charge < -0.3 is 19.9 Å². The normalized spacial score (nSPS) is 18.2. The second-order valence-corrected chi connectivity index (χ2v) is 8.01. The van der Waals surface area contributed by atoms with Crippen molar-refractivity contribution in [3.8, 4) is 0 Å². The molecule has 2 aromatic rings. The molecule has 7 nitrogen and oxygen atoms in total. The van der Waals surface area contributed by atoms with Crippen LogP contribution in [0.1, 0.15) is 25.0 Å². The molecule has 1 aliphatic heterocycles. The van der Waals surface area contributed by atoms with Gasteiger partial charge >= 0.3 is 0 Å². The average Bonchev–Trinajstić information content (AvgIpc) is 3.21. The molecule has 1 aromatic heterocycles. The number of morpholine rings is 1. The fourth-order valence-corrected chi connectivity index (χ4v) is 3.63. The molecule has 0 bridgehead atoms. The number of nitrogens with zero attached hydrogens (tertiary/aromatic N) is 4. The highest BCUT2D eigenvalue weighted by atomic mass is 16.5. The van der Waals surface area contributed by atoms with Crippen LogP contribution in [0.2, 0.25) is 0 Å². The van der Waals surface area contributed by atoms with Gasteiger partial charge in [-0.05, 0) is 17.0 Å². The van der Waals surface area contributed by atoms with E-state index in [-0.39, 0.29) is 6.10 Å². The minimum Gasteiger partial charge on any atom is -0.374 e. The van der Waals surface area contributed by atoms with E-state index in [0.29, 0.717) is 5.92 Å². The lowest BCUT2D eigenvalue weighted by atomic mass is 10.1. The molecule has 29 heavy (non-hydrogen) atoms. The highest BCUT2D eigenvalue weighted by molar-refractivity contribution is 5.79. The predicted molar refractivity (Wildman–Crippen MR) is 117 cm³/mol. The number of hydrogen-bond acceptors (Lipinski definition) is 4. The number of guanidine groups is 1. The van der Waals surface area contributed by atoms with Gasteiger partial charge in [0.1, 0.15) is 0 Å². The first kappa shape index (κ1) is 21.3. The van der Waals surface area contributed by atoms with Gasteiger partial charge in [0.15, 0.2) is 5.96 Å². The molecule has 1 aromatic carbocycles. The number of imidazole rings is 1. The molecule has 1 unspecified atom stereocenters. The van der Waals surface area contributed by atoms with Crippen molar-refractivity contribution in [2.24, 2.45) is 10.9 Å². The number of ether oxygens (including phenoxy) is 1. The summed E-state index contributed by atoms with van der Waals surface area (Å²) in [6.07, 6.45) is 5.82. The first-order chi connectivity index (χ1) is 14.1. The SMILES string of the molecule is CN=C(NCc1cccc(Cn2ccnc2)c1)NCC1CN(CC(C)C)CCO1. The van der Waals surface area contributed by atoms with Gasteiger partial charge in [0.05, 0.1) is 19.0 Å². The molecular weight excluding hydrogens is 364 g/mol. The van der Waals surface area contributed by atoms with E-state index in [1.807, 2.05) is 12.5 Å². The lowest BCUT2D eigenvalue weighted by Crippen LogP contribution is -2.50. The summed E-state index contributed by atoms with van der Waals surface area (Å²) < 4.78 is 7.99. The summed E-state index contributed by atoms with van der Waals surface area (Å²) in [5.74, 6) is 1.48. The van der Waals surface area contributed by atoms with Gasteiger partial charge in [-0.15, -0.1) is 0 Å². The highest BCUT2D eigenvalue weighted by Crippen LogP contribution is 2.08. The maximum Gasteiger partial charge on any atom is 0.191 e. The molecular formula is C22H34N6O. The third-order valence-corrected chi connectivity index (χ3v) is 4.94. The molecule has 0 radical (unpaired) electrons. The van der Waals surface area contributed by atoms with Crippen molar-refractivity contribution in [3.63, 3.8) is 0 Å². The molecule has 1 aliphatic rings. The lowest BCUT2D eigenvalue weighted by Gasteiger charge is -2.34. The second kappa shape index (κ2) is 11.0. The first-order valence-electron chi connectivity index (χ1n) is 10.4. The Morgan fingerprint density at radius 2 is 2.17 bits per heavy atom. The molecule has 2 heterocycles. The summed E-state index contributed by atoms with van der Waals surface area (Å²) in [6.45, 7) is 10.8. The van der Waals surface area contributed by atoms with Crippen molar-refractivity contribution in [2.45, 2.75) is 33.0 Å². The molecule has 158 valence electrons. The molecule has 0 aliphatic carbocycles. The van der Waals surface area contributed by atoms with Crippen LogP contribution in [0.3, 0.4) is 0 Å². The minimum absolute atomic E-state index is 0.194. The fourth-order valence-electron chi connectivity index (χ4n) is 3.63. The minimum atomic E-state index is 0.194. The van der Waals surface area contributed by atoms with Crippen molar-refractivity contribution in [2.75, 3.05) is 39.8 Å². The first-order valence-corrected chi connectivity index (χ1v) is 10.4. The van der Waals surface area contributed by atoms with E-state index < -0.39 is 0 Å². The predicted octanol–water partition coefficient (Wildman–Crippen LogP) is 1.95. The number of benzene rings is 1. The van der Waals surface area contributed by atoms with E-state index in [9.17, 15) is 0 Å². The average molecular weight is 399 g/mol. The van der Waals surface area contributed by atoms with Crippen LogP contribution in [0.15, 0.2) is 48.0 Å². The molecule has 7 heteroatoms. The van der Waals surface area contributed by atoms with Crippen molar-refractivity contribution in [3.05, 3.63) is 54.1 Å². The van der Waals surface area contributed by atoms with Gasteiger partial charge in [-0.3, -0.25) is 9.89 Å². The van der Waals surface area contributed by atoms with Crippen LogP contribution >= 0.6 is 0 Å². The van der Waals surface area contributed by atoms with Crippen LogP contribution in [-0.4, -0.2) is 66.3 Å². The monoisotopic (exact) mass is 398 g/mol. The summed E-state index contributed by atoms with van der Waals surface area (Å²) in [4.78, 5) is 10.9. The van der Waals surface area contributed by atoms with Crippen LogP contribution < -0.4 is 10.6 Å². The zero-order valence-electron chi connectivity index (χ0n) is 17.8. The van der Waals surface area contributed by atoms with Crippen LogP contribution in [0, 0.1) is 5.92 Å². The molecule has 1 saturated heterocycles. The number of hydrogen-bond donors (Lipinski definition) is 2. The number of nitrogens with one attached hydrogen (secondary N) is 2. The van der Waals surface area contributed by atoms with E-state index in [1.165, 1.54) is 11.1 Å². The molecule has 3 rings (SSSR count). The summed E-state index contributed by atoms with van der Waals surface area (Å²) in [6, 6.07) is 8.58. The molecule has 1 fully saturated rings. The zero-order chi connectivity index (χ0) is 20.5. The number of aliphatic imine (C=N–C) groups is 1. The van der Waals surface area contributed by atoms with Gasteiger partial charge in [-0.25, -0.2) is 4.98 Å². The molecule has 0 spiro atoms. The van der Waals surface area contributed by atoms with Crippen molar-refractivity contribution in [1.29, 1.82) is 0 Å². The number of aromatic nitrogens is 2. The maximum atomic E-state index is 5.92. The number of rotatable bonds is 8. The Morgan fingerprint density at radius 1 is 1.31 bits per heavy atom. The van der Waals surface area contributed by atoms with E-state index in [4.69, 9.17) is 4.74 Å². The smallest absolute Gasteiger partial charge is 0.191 e. The third-order valence-electron chi connectivity index (χ3n) is 4.94. The Kier molecular flexibility index (Phi) is 8.07. The molecule has 2 N–H and O–H groups in total. The Labute approximate surface area is 174 Å². The maximum absolute atomic E-state index is 5.92. The zero-order valence-corrected chi connectivity index (χ0v) is 17.8. The Balaban J connectivity index is 1.44. The quantitative estimate of drug-likeness (QED) is 0.526. The van der Waals surface area contributed by atoms with E-state index in [2.05, 4.69) is 68.2 Å². The van der Waals surface area contributed by atoms with Crippen LogP contribution in [0.5, 0.6) is 0 Å². The van der Waals surface area contributed by atoms with Gasteiger partial charge in [-0.1, -0.05) is 38.1 Å². The Morgan fingerprint density at radius 3 is 2.93 bits per heavy atom. The second-order valence-electron chi connectivity index (χ2n) is 8.01. The van der Waals surface area contributed by atoms with Crippen molar-refractivity contribution < 1.29 is 4.74 Å². The molecule has 0 saturated carbocycles. The van der Waals surface area contributed by atoms with Crippen LogP contribution in [-0.2, 0) is 17.8 Å². The van der Waals surface area contributed by atoms with Gasteiger partial charge in [0.2, 0.25) is 0 Å². The summed E-state index contributed by atoms with van der Waals surface area (Å²) in [5, 5.41) is 6.81. The molecule has 0 amide bonds. The largest absolute Gasteiger partial charge is 0.374 e. The van der Waals surface area contributed by atoms with Gasteiger partial charge in [-0.2, -0.15) is 0 Å². The lowest BCUT2D eigenvalue weighted by molar-refractivity contribution is -0.0284. The highest BCUT2D eigenvalue weighted by Gasteiger charge is 2.21. The summed E-state index contributed by atoms with van der Waals surface area (Å²) >= 11 is 0. The van der Waals surface area contributed by atoms with Crippen molar-refractivity contribution in [1.82, 2.24) is 25.1 Å². The van der Waals surface area contributed by atoms with Crippen molar-refractivity contribution >= 4 is 5.96 Å². The fraction of sp³-hybridized carbons (Fsp3) is 0.545. The topological polar surface area (TPSA) is 66.7 Å². The van der Waals surface area contributed by atoms with Crippen LogP contribution in [0.4, 0.5) is 0 Å².